The van der Waals surface area contributed by atoms with Gasteiger partial charge in [0, 0.05) is 6.20 Å². The number of nitrogens with two attached hydrogens (primary N) is 1. The second-order valence-corrected chi connectivity index (χ2v) is 4.22. The molecule has 1 amide bonds. The molecule has 2 unspecified atom stereocenters. The lowest BCUT2D eigenvalue weighted by molar-refractivity contribution is -0.137. The molecule has 1 heterocycles. The molecule has 0 aliphatic heterocycles. The molecule has 1 aromatic rings. The van der Waals surface area contributed by atoms with E-state index >= 15 is 0 Å². The number of carboxylic acids is 1. The van der Waals surface area contributed by atoms with Crippen LogP contribution in [0.2, 0.25) is 0 Å². The first-order valence-corrected chi connectivity index (χ1v) is 5.74. The minimum atomic E-state index is -0.993. The van der Waals surface area contributed by atoms with E-state index in [1.165, 1.54) is 17.1 Å². The van der Waals surface area contributed by atoms with Crippen molar-refractivity contribution in [2.45, 2.75) is 32.9 Å². The van der Waals surface area contributed by atoms with Crippen molar-refractivity contribution in [2.75, 3.05) is 5.32 Å². The van der Waals surface area contributed by atoms with Crippen LogP contribution in [0.25, 0.3) is 0 Å². The van der Waals surface area contributed by atoms with Gasteiger partial charge in [0.1, 0.15) is 6.54 Å². The number of carbonyl (C=O) groups is 2. The largest absolute Gasteiger partial charge is 0.480 e. The zero-order valence-electron chi connectivity index (χ0n) is 10.5. The van der Waals surface area contributed by atoms with E-state index in [9.17, 15) is 9.59 Å². The molecule has 1 aromatic heterocycles. The average Bonchev–Trinajstić information content (AvgIpc) is 2.73. The van der Waals surface area contributed by atoms with Gasteiger partial charge in [-0.1, -0.05) is 20.3 Å². The Morgan fingerprint density at radius 2 is 2.28 bits per heavy atom. The molecule has 0 spiro atoms. The monoisotopic (exact) mass is 254 g/mol. The van der Waals surface area contributed by atoms with Crippen LogP contribution >= 0.6 is 0 Å². The highest BCUT2D eigenvalue weighted by molar-refractivity contribution is 5.94. The summed E-state index contributed by atoms with van der Waals surface area (Å²) in [6, 6.07) is -0.585. The van der Waals surface area contributed by atoms with Crippen LogP contribution in [0, 0.1) is 5.92 Å². The van der Waals surface area contributed by atoms with E-state index in [2.05, 4.69) is 10.4 Å². The summed E-state index contributed by atoms with van der Waals surface area (Å²) >= 11 is 0. The highest BCUT2D eigenvalue weighted by Crippen LogP contribution is 2.10. The fraction of sp³-hybridized carbons (Fsp3) is 0.545. The minimum Gasteiger partial charge on any atom is -0.480 e. The van der Waals surface area contributed by atoms with Crippen LogP contribution in [-0.4, -0.2) is 32.8 Å². The third kappa shape index (κ3) is 3.85. The lowest BCUT2D eigenvalue weighted by Crippen LogP contribution is -2.40. The number of nitrogens with zero attached hydrogens (tertiary/aromatic N) is 2. The van der Waals surface area contributed by atoms with Crippen LogP contribution in [-0.2, 0) is 16.1 Å². The highest BCUT2D eigenvalue weighted by Gasteiger charge is 2.19. The van der Waals surface area contributed by atoms with Gasteiger partial charge in [-0.15, -0.1) is 0 Å². The molecule has 0 bridgehead atoms. The number of rotatable bonds is 6. The number of nitrogens with one attached hydrogen (secondary N) is 1. The second-order valence-electron chi connectivity index (χ2n) is 4.22. The molecule has 100 valence electrons. The summed E-state index contributed by atoms with van der Waals surface area (Å²) in [6.07, 6.45) is 3.66. The molecular formula is C11H18N4O3. The molecule has 0 saturated heterocycles. The van der Waals surface area contributed by atoms with Gasteiger partial charge in [-0.25, -0.2) is 0 Å². The molecule has 0 saturated carbocycles. The topological polar surface area (TPSA) is 110 Å². The SMILES string of the molecule is CCC(C)C(N)C(=O)Nc1cnn(CC(=O)O)c1. The number of aliphatic carboxylic acids is 1. The number of aromatic nitrogens is 2. The number of anilines is 1. The molecule has 0 radical (unpaired) electrons. The van der Waals surface area contributed by atoms with Crippen LogP contribution in [0.15, 0.2) is 12.4 Å². The predicted octanol–water partition coefficient (Wildman–Crippen LogP) is 0.280. The first-order chi connectivity index (χ1) is 8.43. The van der Waals surface area contributed by atoms with Crippen molar-refractivity contribution < 1.29 is 14.7 Å². The highest BCUT2D eigenvalue weighted by atomic mass is 16.4. The van der Waals surface area contributed by atoms with Crippen LogP contribution in [0.1, 0.15) is 20.3 Å². The summed E-state index contributed by atoms with van der Waals surface area (Å²) in [4.78, 5) is 22.2. The van der Waals surface area contributed by atoms with Crippen LogP contribution in [0.3, 0.4) is 0 Å². The normalized spacial score (nSPS) is 13.9. The number of hydrogen-bond acceptors (Lipinski definition) is 4. The Balaban J connectivity index is 2.59. The van der Waals surface area contributed by atoms with Crippen molar-refractivity contribution in [3.05, 3.63) is 12.4 Å². The summed E-state index contributed by atoms with van der Waals surface area (Å²) in [7, 11) is 0. The van der Waals surface area contributed by atoms with E-state index in [1.54, 1.807) is 0 Å². The predicted molar refractivity (Wildman–Crippen MR) is 65.9 cm³/mol. The van der Waals surface area contributed by atoms with Crippen LogP contribution in [0.5, 0.6) is 0 Å². The zero-order chi connectivity index (χ0) is 13.7. The molecule has 0 aliphatic carbocycles. The van der Waals surface area contributed by atoms with E-state index in [1.807, 2.05) is 13.8 Å². The van der Waals surface area contributed by atoms with Gasteiger partial charge >= 0.3 is 5.97 Å². The molecule has 4 N–H and O–H groups in total. The lowest BCUT2D eigenvalue weighted by atomic mass is 9.99. The van der Waals surface area contributed by atoms with Gasteiger partial charge < -0.3 is 16.2 Å². The molecule has 0 fully saturated rings. The number of amides is 1. The molecule has 1 rings (SSSR count). The smallest absolute Gasteiger partial charge is 0.325 e. The Labute approximate surface area is 105 Å². The second kappa shape index (κ2) is 6.15. The van der Waals surface area contributed by atoms with Gasteiger partial charge in [0.2, 0.25) is 5.91 Å². The van der Waals surface area contributed by atoms with Gasteiger partial charge in [0.15, 0.2) is 0 Å². The fourth-order valence-corrected chi connectivity index (χ4v) is 1.39. The van der Waals surface area contributed by atoms with E-state index in [-0.39, 0.29) is 18.4 Å². The van der Waals surface area contributed by atoms with Crippen LogP contribution in [0.4, 0.5) is 5.69 Å². The van der Waals surface area contributed by atoms with Gasteiger partial charge in [-0.05, 0) is 5.92 Å². The third-order valence-corrected chi connectivity index (χ3v) is 2.76. The van der Waals surface area contributed by atoms with E-state index in [4.69, 9.17) is 10.8 Å². The Hall–Kier alpha value is -1.89. The van der Waals surface area contributed by atoms with Crippen molar-refractivity contribution in [3.63, 3.8) is 0 Å². The van der Waals surface area contributed by atoms with Crippen LogP contribution < -0.4 is 11.1 Å². The first-order valence-electron chi connectivity index (χ1n) is 5.74. The first kappa shape index (κ1) is 14.2. The average molecular weight is 254 g/mol. The molecule has 7 heteroatoms. The Morgan fingerprint density at radius 1 is 1.61 bits per heavy atom. The number of carbonyl (C=O) groups excluding carboxylic acids is 1. The molecule has 0 aromatic carbocycles. The third-order valence-electron chi connectivity index (χ3n) is 2.76. The molecule has 2 atom stereocenters. The summed E-state index contributed by atoms with van der Waals surface area (Å²) in [6.45, 7) is 3.62. The summed E-state index contributed by atoms with van der Waals surface area (Å²) in [5.41, 5.74) is 6.22. The summed E-state index contributed by atoms with van der Waals surface area (Å²) < 4.78 is 1.23. The number of hydrogen-bond donors (Lipinski definition) is 3. The standard InChI is InChI=1S/C11H18N4O3/c1-3-7(2)10(12)11(18)14-8-4-13-15(5-8)6-9(16)17/h4-5,7,10H,3,6,12H2,1-2H3,(H,14,18)(H,16,17). The van der Waals surface area contributed by atoms with E-state index in [0.29, 0.717) is 5.69 Å². The van der Waals surface area contributed by atoms with Gasteiger partial charge in [0.05, 0.1) is 17.9 Å². The maximum absolute atomic E-state index is 11.8. The number of carboxylic acid groups (broad SMARTS) is 1. The van der Waals surface area contributed by atoms with Crippen molar-refractivity contribution in [2.24, 2.45) is 11.7 Å². The van der Waals surface area contributed by atoms with E-state index < -0.39 is 12.0 Å². The Bertz CT molecular complexity index is 430. The maximum Gasteiger partial charge on any atom is 0.325 e. The quantitative estimate of drug-likeness (QED) is 0.675. The van der Waals surface area contributed by atoms with Crippen molar-refractivity contribution in [3.8, 4) is 0 Å². The van der Waals surface area contributed by atoms with Crippen molar-refractivity contribution in [1.82, 2.24) is 9.78 Å². The van der Waals surface area contributed by atoms with Gasteiger partial charge in [-0.3, -0.25) is 14.3 Å². The Kier molecular flexibility index (Phi) is 4.85. The zero-order valence-corrected chi connectivity index (χ0v) is 10.5. The minimum absolute atomic E-state index is 0.0825. The summed E-state index contributed by atoms with van der Waals surface area (Å²) in [5, 5.41) is 15.0. The maximum atomic E-state index is 11.8. The van der Waals surface area contributed by atoms with Gasteiger partial charge in [-0.2, -0.15) is 5.10 Å². The van der Waals surface area contributed by atoms with E-state index in [0.717, 1.165) is 6.42 Å². The fourth-order valence-electron chi connectivity index (χ4n) is 1.39. The molecular weight excluding hydrogens is 236 g/mol. The van der Waals surface area contributed by atoms with Crippen molar-refractivity contribution >= 4 is 17.6 Å². The Morgan fingerprint density at radius 3 is 2.83 bits per heavy atom. The lowest BCUT2D eigenvalue weighted by Gasteiger charge is -2.16. The molecule has 7 nitrogen and oxygen atoms in total. The van der Waals surface area contributed by atoms with Crippen molar-refractivity contribution in [1.29, 1.82) is 0 Å². The molecule has 18 heavy (non-hydrogen) atoms. The molecule has 0 aliphatic rings. The van der Waals surface area contributed by atoms with Gasteiger partial charge in [0.25, 0.3) is 0 Å². The summed E-state index contributed by atoms with van der Waals surface area (Å²) in [5.74, 6) is -1.20.